The lowest BCUT2D eigenvalue weighted by atomic mass is 9.76. The molecule has 3 N–H and O–H groups in total. The van der Waals surface area contributed by atoms with Crippen molar-refractivity contribution in [1.82, 2.24) is 20.2 Å². The highest BCUT2D eigenvalue weighted by Gasteiger charge is 2.44. The van der Waals surface area contributed by atoms with E-state index in [9.17, 15) is 4.79 Å². The van der Waals surface area contributed by atoms with Gasteiger partial charge < -0.3 is 4.74 Å². The molecule has 0 bridgehead atoms. The summed E-state index contributed by atoms with van der Waals surface area (Å²) in [6, 6.07) is 8.36. The van der Waals surface area contributed by atoms with Gasteiger partial charge in [-0.2, -0.15) is 15.2 Å². The average molecular weight is 350 g/mol. The second-order valence-corrected chi connectivity index (χ2v) is 6.85. The average Bonchev–Trinajstić information content (AvgIpc) is 3.23. The number of hydrogen-bond donors (Lipinski definition) is 3. The SMILES string of the molecule is O=c1[nH]c(NN=C2c3ccccc3CC23CCOCC3)nc2[nH]ncc12. The summed E-state index contributed by atoms with van der Waals surface area (Å²) in [7, 11) is 0. The lowest BCUT2D eigenvalue weighted by Gasteiger charge is -2.33. The summed E-state index contributed by atoms with van der Waals surface area (Å²) >= 11 is 0. The van der Waals surface area contributed by atoms with Crippen molar-refractivity contribution >= 4 is 22.7 Å². The molecule has 1 aliphatic carbocycles. The highest BCUT2D eigenvalue weighted by Crippen LogP contribution is 2.44. The fraction of sp³-hybridized carbons (Fsp3) is 0.333. The van der Waals surface area contributed by atoms with Crippen LogP contribution in [0.15, 0.2) is 40.4 Å². The Hall–Kier alpha value is -3.00. The highest BCUT2D eigenvalue weighted by atomic mass is 16.5. The van der Waals surface area contributed by atoms with Crippen molar-refractivity contribution in [1.29, 1.82) is 0 Å². The van der Waals surface area contributed by atoms with E-state index in [1.807, 2.05) is 6.07 Å². The fourth-order valence-corrected chi connectivity index (χ4v) is 4.00. The molecule has 3 aromatic rings. The van der Waals surface area contributed by atoms with Crippen molar-refractivity contribution in [3.63, 3.8) is 0 Å². The van der Waals surface area contributed by atoms with Gasteiger partial charge in [0.25, 0.3) is 5.56 Å². The van der Waals surface area contributed by atoms with Gasteiger partial charge in [0.05, 0.1) is 11.9 Å². The van der Waals surface area contributed by atoms with Crippen LogP contribution in [0.25, 0.3) is 11.0 Å². The number of hydrazone groups is 1. The summed E-state index contributed by atoms with van der Waals surface area (Å²) in [4.78, 5) is 19.1. The monoisotopic (exact) mass is 350 g/mol. The number of rotatable bonds is 2. The first-order chi connectivity index (χ1) is 12.8. The number of nitrogens with zero attached hydrogens (tertiary/aromatic N) is 3. The maximum atomic E-state index is 12.1. The molecule has 1 saturated heterocycles. The van der Waals surface area contributed by atoms with Gasteiger partial charge in [0.1, 0.15) is 5.39 Å². The quantitative estimate of drug-likeness (QED) is 0.611. The van der Waals surface area contributed by atoms with Crippen molar-refractivity contribution in [3.8, 4) is 0 Å². The van der Waals surface area contributed by atoms with Crippen LogP contribution in [0, 0.1) is 5.41 Å². The Kier molecular flexibility index (Phi) is 3.39. The Morgan fingerprint density at radius 2 is 2.08 bits per heavy atom. The number of H-pyrrole nitrogens is 2. The third-order valence-electron chi connectivity index (χ3n) is 5.35. The molecule has 1 aliphatic heterocycles. The van der Waals surface area contributed by atoms with Crippen molar-refractivity contribution in [3.05, 3.63) is 51.9 Å². The van der Waals surface area contributed by atoms with Gasteiger partial charge in [-0.25, -0.2) is 5.43 Å². The number of ether oxygens (including phenoxy) is 1. The third-order valence-corrected chi connectivity index (χ3v) is 5.35. The first-order valence-electron chi connectivity index (χ1n) is 8.69. The van der Waals surface area contributed by atoms with E-state index in [1.165, 1.54) is 11.8 Å². The summed E-state index contributed by atoms with van der Waals surface area (Å²) in [6.45, 7) is 1.48. The van der Waals surface area contributed by atoms with Crippen LogP contribution in [-0.4, -0.2) is 39.1 Å². The molecule has 0 unspecified atom stereocenters. The van der Waals surface area contributed by atoms with Gasteiger partial charge >= 0.3 is 0 Å². The normalized spacial score (nSPS) is 19.9. The molecular weight excluding hydrogens is 332 g/mol. The summed E-state index contributed by atoms with van der Waals surface area (Å²) in [5, 5.41) is 11.7. The Balaban J connectivity index is 1.55. The molecule has 132 valence electrons. The molecule has 8 nitrogen and oxygen atoms in total. The molecule has 5 rings (SSSR count). The third kappa shape index (κ3) is 2.33. The molecular formula is C18H18N6O2. The molecule has 8 heteroatoms. The van der Waals surface area contributed by atoms with Crippen LogP contribution in [0.2, 0.25) is 0 Å². The predicted octanol–water partition coefficient (Wildman–Crippen LogP) is 1.82. The van der Waals surface area contributed by atoms with Gasteiger partial charge in [0.15, 0.2) is 5.65 Å². The van der Waals surface area contributed by atoms with E-state index in [4.69, 9.17) is 4.74 Å². The smallest absolute Gasteiger partial charge is 0.263 e. The second kappa shape index (κ2) is 5.77. The number of nitrogens with one attached hydrogen (secondary N) is 3. The minimum atomic E-state index is -0.251. The summed E-state index contributed by atoms with van der Waals surface area (Å²) < 4.78 is 5.57. The number of aromatic amines is 2. The number of benzene rings is 1. The minimum Gasteiger partial charge on any atom is -0.381 e. The van der Waals surface area contributed by atoms with E-state index in [0.717, 1.165) is 43.8 Å². The maximum absolute atomic E-state index is 12.1. The van der Waals surface area contributed by atoms with Crippen LogP contribution in [0.4, 0.5) is 5.95 Å². The van der Waals surface area contributed by atoms with Crippen molar-refractivity contribution in [2.45, 2.75) is 19.3 Å². The Bertz CT molecular complexity index is 1060. The maximum Gasteiger partial charge on any atom is 0.263 e. The van der Waals surface area contributed by atoms with Gasteiger partial charge in [0, 0.05) is 24.2 Å². The van der Waals surface area contributed by atoms with E-state index in [1.54, 1.807) is 0 Å². The summed E-state index contributed by atoms with van der Waals surface area (Å²) in [5.74, 6) is 0.297. The van der Waals surface area contributed by atoms with Gasteiger partial charge in [-0.15, -0.1) is 0 Å². The zero-order valence-corrected chi connectivity index (χ0v) is 14.1. The van der Waals surface area contributed by atoms with Crippen molar-refractivity contribution in [2.24, 2.45) is 10.5 Å². The van der Waals surface area contributed by atoms with Crippen molar-refractivity contribution < 1.29 is 4.74 Å². The zero-order valence-electron chi connectivity index (χ0n) is 14.1. The lowest BCUT2D eigenvalue weighted by molar-refractivity contribution is 0.0476. The predicted molar refractivity (Wildman–Crippen MR) is 97.3 cm³/mol. The molecule has 3 heterocycles. The van der Waals surface area contributed by atoms with Crippen LogP contribution < -0.4 is 11.0 Å². The Morgan fingerprint density at radius 3 is 2.96 bits per heavy atom. The molecule has 0 radical (unpaired) electrons. The van der Waals surface area contributed by atoms with E-state index < -0.39 is 0 Å². The van der Waals surface area contributed by atoms with Gasteiger partial charge in [-0.1, -0.05) is 24.3 Å². The molecule has 1 fully saturated rings. The fourth-order valence-electron chi connectivity index (χ4n) is 4.00. The largest absolute Gasteiger partial charge is 0.381 e. The number of anilines is 1. The first kappa shape index (κ1) is 15.3. The molecule has 0 atom stereocenters. The molecule has 2 aliphatic rings. The van der Waals surface area contributed by atoms with E-state index >= 15 is 0 Å². The molecule has 0 amide bonds. The summed E-state index contributed by atoms with van der Waals surface area (Å²) in [6.07, 6.45) is 4.30. The Labute approximate surface area is 148 Å². The second-order valence-electron chi connectivity index (χ2n) is 6.85. The van der Waals surface area contributed by atoms with Crippen LogP contribution in [0.3, 0.4) is 0 Å². The zero-order chi connectivity index (χ0) is 17.6. The molecule has 26 heavy (non-hydrogen) atoms. The van der Waals surface area contributed by atoms with Gasteiger partial charge in [-0.3, -0.25) is 14.9 Å². The van der Waals surface area contributed by atoms with E-state index in [0.29, 0.717) is 17.0 Å². The topological polar surface area (TPSA) is 108 Å². The molecule has 1 aromatic carbocycles. The summed E-state index contributed by atoms with van der Waals surface area (Å²) in [5.41, 5.74) is 6.60. The lowest BCUT2D eigenvalue weighted by Crippen LogP contribution is -2.36. The molecule has 2 aromatic heterocycles. The van der Waals surface area contributed by atoms with E-state index in [-0.39, 0.29) is 11.0 Å². The van der Waals surface area contributed by atoms with Crippen LogP contribution in [0.5, 0.6) is 0 Å². The van der Waals surface area contributed by atoms with Gasteiger partial charge in [-0.05, 0) is 24.8 Å². The van der Waals surface area contributed by atoms with Crippen LogP contribution in [0.1, 0.15) is 24.0 Å². The molecule has 1 spiro atoms. The highest BCUT2D eigenvalue weighted by molar-refractivity contribution is 6.09. The number of fused-ring (bicyclic) bond motifs is 2. The Morgan fingerprint density at radius 1 is 1.23 bits per heavy atom. The first-order valence-corrected chi connectivity index (χ1v) is 8.69. The standard InChI is InChI=1S/C18H18N6O2/c25-16-13-10-19-23-15(13)20-17(21-16)24-22-14-12-4-2-1-3-11(12)9-18(14)5-7-26-8-6-18/h1-4,10H,5-9H2,(H3,19,20,21,23,24,25). The van der Waals surface area contributed by atoms with Crippen LogP contribution in [-0.2, 0) is 11.2 Å². The van der Waals surface area contributed by atoms with E-state index in [2.05, 4.69) is 48.9 Å². The minimum absolute atomic E-state index is 0.0205. The van der Waals surface area contributed by atoms with Gasteiger partial charge in [0.2, 0.25) is 5.95 Å². The van der Waals surface area contributed by atoms with Crippen LogP contribution >= 0.6 is 0 Å². The molecule has 0 saturated carbocycles. The van der Waals surface area contributed by atoms with Crippen molar-refractivity contribution in [2.75, 3.05) is 18.6 Å². The number of aromatic nitrogens is 4. The number of hydrogen-bond acceptors (Lipinski definition) is 6.